The summed E-state index contributed by atoms with van der Waals surface area (Å²) < 4.78 is 32.8. The van der Waals surface area contributed by atoms with Crippen molar-refractivity contribution in [3.05, 3.63) is 17.5 Å². The molecule has 2 saturated heterocycles. The summed E-state index contributed by atoms with van der Waals surface area (Å²) in [5.74, 6) is 0.788. The van der Waals surface area contributed by atoms with E-state index in [1.807, 2.05) is 6.20 Å². The molecule has 4 aliphatic rings. The number of rotatable bonds is 3. The minimum Gasteiger partial charge on any atom is -0.364 e. The molecule has 1 aromatic rings. The second kappa shape index (κ2) is 6.37. The van der Waals surface area contributed by atoms with Crippen LogP contribution in [-0.4, -0.2) is 79.2 Å². The molecule has 3 aliphatic heterocycles. The number of piperidine rings is 1. The molecule has 148 valence electrons. The molecule has 4 heterocycles. The summed E-state index contributed by atoms with van der Waals surface area (Å²) in [5.41, 5.74) is 1.62. The highest BCUT2D eigenvalue weighted by atomic mass is 32.2. The molecule has 9 heteroatoms. The first-order chi connectivity index (χ1) is 13.0. The summed E-state index contributed by atoms with van der Waals surface area (Å²) in [4.78, 5) is 14.0. The van der Waals surface area contributed by atoms with E-state index in [0.717, 1.165) is 56.2 Å². The molecule has 1 aliphatic carbocycles. The molecule has 27 heavy (non-hydrogen) atoms. The topological polar surface area (TPSA) is 78.9 Å². The number of hydrogen-bond donors (Lipinski definition) is 0. The second-order valence-corrected chi connectivity index (χ2v) is 10.5. The van der Waals surface area contributed by atoms with Gasteiger partial charge in [0.25, 0.3) is 0 Å². The number of aromatic nitrogens is 2. The van der Waals surface area contributed by atoms with Gasteiger partial charge in [-0.2, -0.15) is 0 Å². The molecule has 1 saturated carbocycles. The van der Waals surface area contributed by atoms with Gasteiger partial charge in [0.05, 0.1) is 23.2 Å². The summed E-state index contributed by atoms with van der Waals surface area (Å²) in [6.07, 6.45) is 4.92. The van der Waals surface area contributed by atoms with Crippen molar-refractivity contribution < 1.29 is 13.2 Å². The molecule has 0 radical (unpaired) electrons. The van der Waals surface area contributed by atoms with Crippen LogP contribution in [0.3, 0.4) is 0 Å². The lowest BCUT2D eigenvalue weighted by Crippen LogP contribution is -2.46. The molecule has 0 unspecified atom stereocenters. The first-order valence-corrected chi connectivity index (χ1v) is 11.4. The van der Waals surface area contributed by atoms with Crippen molar-refractivity contribution in [2.45, 2.75) is 43.1 Å². The van der Waals surface area contributed by atoms with Crippen molar-refractivity contribution >= 4 is 16.0 Å². The predicted octanol–water partition coefficient (Wildman–Crippen LogP) is 0.542. The van der Waals surface area contributed by atoms with E-state index in [1.54, 1.807) is 4.31 Å². The Morgan fingerprint density at radius 3 is 2.48 bits per heavy atom. The van der Waals surface area contributed by atoms with Crippen molar-refractivity contribution in [1.29, 1.82) is 0 Å². The molecule has 3 fully saturated rings. The number of piperazine rings is 1. The summed E-state index contributed by atoms with van der Waals surface area (Å²) in [7, 11) is -0.969. The van der Waals surface area contributed by atoms with Crippen LogP contribution in [0.4, 0.5) is 5.95 Å². The third-order valence-electron chi connectivity index (χ3n) is 6.45. The van der Waals surface area contributed by atoms with Gasteiger partial charge >= 0.3 is 0 Å². The van der Waals surface area contributed by atoms with E-state index in [9.17, 15) is 8.42 Å². The minimum atomic E-state index is -3.10. The van der Waals surface area contributed by atoms with Gasteiger partial charge < -0.3 is 14.5 Å². The average molecular weight is 394 g/mol. The van der Waals surface area contributed by atoms with Crippen LogP contribution in [0.25, 0.3) is 0 Å². The molecular formula is C18H27N5O3S. The molecule has 0 bridgehead atoms. The Morgan fingerprint density at radius 2 is 1.81 bits per heavy atom. The minimum absolute atomic E-state index is 0.141. The largest absolute Gasteiger partial charge is 0.364 e. The lowest BCUT2D eigenvalue weighted by Gasteiger charge is -2.38. The van der Waals surface area contributed by atoms with E-state index in [2.05, 4.69) is 21.8 Å². The van der Waals surface area contributed by atoms with Crippen LogP contribution < -0.4 is 4.90 Å². The lowest BCUT2D eigenvalue weighted by molar-refractivity contribution is -0.0693. The van der Waals surface area contributed by atoms with Gasteiger partial charge in [0.2, 0.25) is 16.0 Å². The van der Waals surface area contributed by atoms with E-state index in [4.69, 9.17) is 9.72 Å². The molecule has 0 atom stereocenters. The molecule has 5 rings (SSSR count). The van der Waals surface area contributed by atoms with Crippen molar-refractivity contribution in [3.63, 3.8) is 0 Å². The van der Waals surface area contributed by atoms with Crippen LogP contribution in [0.2, 0.25) is 0 Å². The summed E-state index contributed by atoms with van der Waals surface area (Å²) in [5, 5.41) is -0.141. The fraction of sp³-hybridized carbons (Fsp3) is 0.778. The quantitative estimate of drug-likeness (QED) is 0.742. The van der Waals surface area contributed by atoms with Crippen LogP contribution in [-0.2, 0) is 27.0 Å². The monoisotopic (exact) mass is 393 g/mol. The Bertz CT molecular complexity index is 825. The number of hydrogen-bond acceptors (Lipinski definition) is 7. The van der Waals surface area contributed by atoms with Gasteiger partial charge in [-0.3, -0.25) is 0 Å². The molecule has 0 aromatic carbocycles. The van der Waals surface area contributed by atoms with Crippen LogP contribution >= 0.6 is 0 Å². The molecule has 8 nitrogen and oxygen atoms in total. The van der Waals surface area contributed by atoms with Crippen molar-refractivity contribution in [2.24, 2.45) is 0 Å². The number of nitrogens with zero attached hydrogens (tertiary/aromatic N) is 5. The third kappa shape index (κ3) is 3.04. The third-order valence-corrected chi connectivity index (χ3v) is 8.85. The highest BCUT2D eigenvalue weighted by molar-refractivity contribution is 7.90. The summed E-state index contributed by atoms with van der Waals surface area (Å²) >= 11 is 0. The molecule has 1 spiro atoms. The van der Waals surface area contributed by atoms with E-state index in [-0.39, 0.29) is 5.25 Å². The normalized spacial score (nSPS) is 26.5. The highest BCUT2D eigenvalue weighted by Crippen LogP contribution is 2.45. The average Bonchev–Trinajstić information content (AvgIpc) is 3.49. The van der Waals surface area contributed by atoms with E-state index >= 15 is 0 Å². The maximum absolute atomic E-state index is 12.5. The molecule has 1 aromatic heterocycles. The molecule has 0 amide bonds. The molecular weight excluding hydrogens is 366 g/mol. The number of anilines is 1. The molecule has 0 N–H and O–H groups in total. The van der Waals surface area contributed by atoms with Gasteiger partial charge in [-0.25, -0.2) is 22.7 Å². The Labute approximate surface area is 160 Å². The van der Waals surface area contributed by atoms with Gasteiger partial charge in [-0.1, -0.05) is 0 Å². The van der Waals surface area contributed by atoms with Gasteiger partial charge in [0.1, 0.15) is 0 Å². The number of sulfonamides is 1. The lowest BCUT2D eigenvalue weighted by atomic mass is 9.86. The predicted molar refractivity (Wildman–Crippen MR) is 101 cm³/mol. The number of fused-ring (bicyclic) bond motifs is 2. The Balaban J connectivity index is 1.32. The first-order valence-electron chi connectivity index (χ1n) is 9.91. The number of ether oxygens (including phenoxy) is 1. The van der Waals surface area contributed by atoms with Gasteiger partial charge in [0.15, 0.2) is 0 Å². The summed E-state index contributed by atoms with van der Waals surface area (Å²) in [6.45, 7) is 5.47. The maximum atomic E-state index is 12.5. The Morgan fingerprint density at radius 1 is 1.11 bits per heavy atom. The van der Waals surface area contributed by atoms with Crippen molar-refractivity contribution in [3.8, 4) is 0 Å². The van der Waals surface area contributed by atoms with Crippen LogP contribution in [0.15, 0.2) is 6.20 Å². The van der Waals surface area contributed by atoms with E-state index in [1.165, 1.54) is 0 Å². The van der Waals surface area contributed by atoms with Gasteiger partial charge in [0, 0.05) is 51.0 Å². The Kier molecular flexibility index (Phi) is 4.19. The SMILES string of the molecule is CN1CCN(c2ncc3c(n2)COC32CCN(S(=O)(=O)C3CC3)CC2)CC1. The highest BCUT2D eigenvalue weighted by Gasteiger charge is 2.48. The van der Waals surface area contributed by atoms with Gasteiger partial charge in [-0.05, 0) is 32.7 Å². The zero-order chi connectivity index (χ0) is 18.6. The fourth-order valence-electron chi connectivity index (χ4n) is 4.43. The van der Waals surface area contributed by atoms with Crippen LogP contribution in [0.5, 0.6) is 0 Å². The Hall–Kier alpha value is -1.29. The summed E-state index contributed by atoms with van der Waals surface area (Å²) in [6, 6.07) is 0. The smallest absolute Gasteiger partial charge is 0.225 e. The van der Waals surface area contributed by atoms with Gasteiger partial charge in [-0.15, -0.1) is 0 Å². The van der Waals surface area contributed by atoms with Crippen LogP contribution in [0.1, 0.15) is 36.9 Å². The van der Waals surface area contributed by atoms with Crippen LogP contribution in [0, 0.1) is 0 Å². The first kappa shape index (κ1) is 17.8. The zero-order valence-corrected chi connectivity index (χ0v) is 16.6. The maximum Gasteiger partial charge on any atom is 0.225 e. The van der Waals surface area contributed by atoms with E-state index < -0.39 is 15.6 Å². The van der Waals surface area contributed by atoms with Crippen molar-refractivity contribution in [2.75, 3.05) is 51.2 Å². The fourth-order valence-corrected chi connectivity index (χ4v) is 6.28. The zero-order valence-electron chi connectivity index (χ0n) is 15.8. The second-order valence-electron chi connectivity index (χ2n) is 8.25. The van der Waals surface area contributed by atoms with Crippen molar-refractivity contribution in [1.82, 2.24) is 19.2 Å². The van der Waals surface area contributed by atoms with E-state index in [0.29, 0.717) is 32.5 Å². The number of likely N-dealkylation sites (N-methyl/N-ethyl adjacent to an activating group) is 1. The standard InChI is InChI=1S/C18H27N5O3S/c1-21-8-10-22(11-9-21)17-19-12-15-16(20-17)13-26-18(15)4-6-23(7-5-18)27(24,25)14-2-3-14/h12,14H,2-11,13H2,1H3.